The van der Waals surface area contributed by atoms with E-state index >= 15 is 0 Å². The number of hydrogen-bond acceptors (Lipinski definition) is 4. The molecule has 176 valence electrons. The molecule has 0 unspecified atom stereocenters. The van der Waals surface area contributed by atoms with Gasteiger partial charge in [0, 0.05) is 17.8 Å². The minimum Gasteiger partial charge on any atom is -0.534 e. The fraction of sp³-hybridized carbons (Fsp3) is 0.172. The van der Waals surface area contributed by atoms with Gasteiger partial charge in [0.15, 0.2) is 5.16 Å². The molecule has 2 aromatic heterocycles. The largest absolute Gasteiger partial charge is 0.534 e. The topological polar surface area (TPSA) is 39.9 Å². The van der Waals surface area contributed by atoms with Gasteiger partial charge in [0.1, 0.15) is 11.6 Å². The van der Waals surface area contributed by atoms with E-state index in [4.69, 9.17) is 4.43 Å². The Hall–Kier alpha value is -3.35. The zero-order valence-corrected chi connectivity index (χ0v) is 22.3. The molecular formula is C29H29N3OSSi. The zero-order valence-electron chi connectivity index (χ0n) is 20.5. The Labute approximate surface area is 212 Å². The summed E-state index contributed by atoms with van der Waals surface area (Å²) in [5.74, 6) is 1.75. The minimum atomic E-state index is -2.68. The Kier molecular flexibility index (Phi) is 6.26. The predicted molar refractivity (Wildman–Crippen MR) is 149 cm³/mol. The highest BCUT2D eigenvalue weighted by Gasteiger charge is 2.52. The van der Waals surface area contributed by atoms with Gasteiger partial charge in [-0.25, -0.2) is 9.97 Å². The third kappa shape index (κ3) is 4.28. The van der Waals surface area contributed by atoms with E-state index < -0.39 is 8.32 Å². The van der Waals surface area contributed by atoms with E-state index in [-0.39, 0.29) is 5.04 Å². The van der Waals surface area contributed by atoms with E-state index in [9.17, 15) is 0 Å². The van der Waals surface area contributed by atoms with E-state index in [1.807, 2.05) is 12.3 Å². The van der Waals surface area contributed by atoms with Gasteiger partial charge in [0.05, 0.1) is 5.52 Å². The van der Waals surface area contributed by atoms with Crippen LogP contribution >= 0.6 is 11.8 Å². The Morgan fingerprint density at radius 3 is 2.09 bits per heavy atom. The molecule has 35 heavy (non-hydrogen) atoms. The second kappa shape index (κ2) is 9.36. The van der Waals surface area contributed by atoms with Crippen LogP contribution in [0.2, 0.25) is 5.04 Å². The first-order valence-corrected chi connectivity index (χ1v) is 14.8. The summed E-state index contributed by atoms with van der Waals surface area (Å²) < 4.78 is 9.30. The number of hydrogen-bond donors (Lipinski definition) is 0. The van der Waals surface area contributed by atoms with Crippen molar-refractivity contribution in [2.75, 3.05) is 6.26 Å². The highest BCUT2D eigenvalue weighted by Crippen LogP contribution is 2.38. The smallest absolute Gasteiger partial charge is 0.319 e. The second-order valence-electron chi connectivity index (χ2n) is 9.57. The van der Waals surface area contributed by atoms with Gasteiger partial charge in [0.2, 0.25) is 0 Å². The molecule has 0 fully saturated rings. The molecule has 2 heterocycles. The standard InChI is InChI=1S/C29H29N3OSSi/c1-29(2,3)35(24-11-7-5-8-12-24,25-13-9-6-10-14-25)33-23-15-16-26-22(21-23)18-20-32(26)27-17-19-30-28(31-27)34-4/h5-21H,1-4H3. The van der Waals surface area contributed by atoms with Gasteiger partial charge in [-0.2, -0.15) is 0 Å². The summed E-state index contributed by atoms with van der Waals surface area (Å²) in [5, 5.41) is 4.32. The summed E-state index contributed by atoms with van der Waals surface area (Å²) in [7, 11) is -2.68. The zero-order chi connectivity index (χ0) is 24.5. The van der Waals surface area contributed by atoms with Gasteiger partial charge in [-0.3, -0.25) is 0 Å². The van der Waals surface area contributed by atoms with Crippen molar-refractivity contribution in [1.29, 1.82) is 0 Å². The first-order chi connectivity index (χ1) is 16.9. The molecule has 5 rings (SSSR count). The van der Waals surface area contributed by atoms with Crippen LogP contribution in [0.25, 0.3) is 16.7 Å². The normalized spacial score (nSPS) is 12.1. The molecule has 0 saturated heterocycles. The Morgan fingerprint density at radius 2 is 1.49 bits per heavy atom. The summed E-state index contributed by atoms with van der Waals surface area (Å²) in [4.78, 5) is 8.97. The van der Waals surface area contributed by atoms with Crippen molar-refractivity contribution in [2.24, 2.45) is 0 Å². The summed E-state index contributed by atoms with van der Waals surface area (Å²) in [6.45, 7) is 6.89. The van der Waals surface area contributed by atoms with Crippen LogP contribution in [0.1, 0.15) is 20.8 Å². The third-order valence-corrected chi connectivity index (χ3v) is 11.9. The van der Waals surface area contributed by atoms with E-state index in [0.29, 0.717) is 0 Å². The molecule has 3 aromatic carbocycles. The van der Waals surface area contributed by atoms with Crippen LogP contribution in [0.4, 0.5) is 0 Å². The Morgan fingerprint density at radius 1 is 0.829 bits per heavy atom. The lowest BCUT2D eigenvalue weighted by Crippen LogP contribution is -2.68. The highest BCUT2D eigenvalue weighted by atomic mass is 32.2. The molecule has 0 aliphatic rings. The predicted octanol–water partition coefficient (Wildman–Crippen LogP) is 6.08. The maximum absolute atomic E-state index is 7.20. The summed E-state index contributed by atoms with van der Waals surface area (Å²) >= 11 is 1.54. The number of aromatic nitrogens is 3. The van der Waals surface area contributed by atoms with E-state index in [2.05, 4.69) is 126 Å². The molecule has 6 heteroatoms. The van der Waals surface area contributed by atoms with Gasteiger partial charge in [0.25, 0.3) is 0 Å². The number of rotatable bonds is 6. The lowest BCUT2D eigenvalue weighted by atomic mass is 10.2. The van der Waals surface area contributed by atoms with Gasteiger partial charge >= 0.3 is 8.32 Å². The molecule has 0 spiro atoms. The first-order valence-electron chi connectivity index (χ1n) is 11.7. The molecule has 0 radical (unpaired) electrons. The van der Waals surface area contributed by atoms with Crippen LogP contribution in [0.15, 0.2) is 109 Å². The number of nitrogens with zero attached hydrogens (tertiary/aromatic N) is 3. The monoisotopic (exact) mass is 495 g/mol. The lowest BCUT2D eigenvalue weighted by Gasteiger charge is -2.43. The van der Waals surface area contributed by atoms with Crippen molar-refractivity contribution in [1.82, 2.24) is 14.5 Å². The van der Waals surface area contributed by atoms with Crippen molar-refractivity contribution >= 4 is 41.4 Å². The van der Waals surface area contributed by atoms with Crippen molar-refractivity contribution in [3.05, 3.63) is 103 Å². The summed E-state index contributed by atoms with van der Waals surface area (Å²) in [6, 6.07) is 31.9. The minimum absolute atomic E-state index is 0.0915. The van der Waals surface area contributed by atoms with Crippen LogP contribution in [0.5, 0.6) is 5.75 Å². The maximum atomic E-state index is 7.20. The quantitative estimate of drug-likeness (QED) is 0.163. The Balaban J connectivity index is 1.62. The molecule has 0 amide bonds. The molecule has 0 atom stereocenters. The maximum Gasteiger partial charge on any atom is 0.319 e. The van der Waals surface area contributed by atoms with Crippen LogP contribution in [0, 0.1) is 0 Å². The average Bonchev–Trinajstić information content (AvgIpc) is 3.31. The van der Waals surface area contributed by atoms with Crippen LogP contribution in [-0.2, 0) is 0 Å². The number of fused-ring (bicyclic) bond motifs is 1. The number of benzene rings is 3. The van der Waals surface area contributed by atoms with Gasteiger partial charge in [-0.15, -0.1) is 0 Å². The van der Waals surface area contributed by atoms with E-state index in [1.165, 1.54) is 10.4 Å². The van der Waals surface area contributed by atoms with E-state index in [1.54, 1.807) is 18.0 Å². The van der Waals surface area contributed by atoms with Gasteiger partial charge in [-0.05, 0) is 52.0 Å². The first kappa shape index (κ1) is 23.4. The van der Waals surface area contributed by atoms with Crippen LogP contribution < -0.4 is 14.8 Å². The van der Waals surface area contributed by atoms with Crippen molar-refractivity contribution in [3.63, 3.8) is 0 Å². The summed E-state index contributed by atoms with van der Waals surface area (Å²) in [5.41, 5.74) is 1.09. The fourth-order valence-corrected chi connectivity index (χ4v) is 9.54. The Bertz CT molecular complexity index is 1410. The molecule has 0 N–H and O–H groups in total. The third-order valence-electron chi connectivity index (χ3n) is 6.40. The molecule has 4 nitrogen and oxygen atoms in total. The van der Waals surface area contributed by atoms with Crippen molar-refractivity contribution < 1.29 is 4.43 Å². The van der Waals surface area contributed by atoms with Crippen LogP contribution in [-0.4, -0.2) is 29.1 Å². The van der Waals surface area contributed by atoms with Crippen LogP contribution in [0.3, 0.4) is 0 Å². The molecule has 0 saturated carbocycles. The SMILES string of the molecule is CSc1nccc(-n2ccc3cc(O[Si](c4ccccc4)(c4ccccc4)C(C)(C)C)ccc32)n1. The highest BCUT2D eigenvalue weighted by molar-refractivity contribution is 7.98. The molecular weight excluding hydrogens is 466 g/mol. The second-order valence-corrected chi connectivity index (χ2v) is 14.6. The van der Waals surface area contributed by atoms with Gasteiger partial charge in [-0.1, -0.05) is 93.2 Å². The number of thioether (sulfide) groups is 1. The van der Waals surface area contributed by atoms with E-state index in [0.717, 1.165) is 27.6 Å². The molecule has 0 bridgehead atoms. The molecule has 5 aromatic rings. The van der Waals surface area contributed by atoms with Crippen molar-refractivity contribution in [3.8, 4) is 11.6 Å². The molecule has 0 aliphatic carbocycles. The van der Waals surface area contributed by atoms with Gasteiger partial charge < -0.3 is 8.99 Å². The summed E-state index contributed by atoms with van der Waals surface area (Å²) in [6.07, 6.45) is 5.85. The molecule has 0 aliphatic heterocycles. The average molecular weight is 496 g/mol. The lowest BCUT2D eigenvalue weighted by molar-refractivity contribution is 0.509. The van der Waals surface area contributed by atoms with Crippen molar-refractivity contribution in [2.45, 2.75) is 31.0 Å². The fourth-order valence-electron chi connectivity index (χ4n) is 4.77.